The van der Waals surface area contributed by atoms with Crippen molar-refractivity contribution in [1.29, 1.82) is 0 Å². The smallest absolute Gasteiger partial charge is 0.269 e. The SMILES string of the molecule is NC(=O)c1ccc(N2C[C@@H](O)C[C@@H]2c2ccc(F)cc2)nn1. The van der Waals surface area contributed by atoms with Crippen molar-refractivity contribution in [2.45, 2.75) is 18.6 Å². The number of rotatable bonds is 3. The van der Waals surface area contributed by atoms with Gasteiger partial charge >= 0.3 is 0 Å². The van der Waals surface area contributed by atoms with Crippen LogP contribution in [0.15, 0.2) is 36.4 Å². The fourth-order valence-electron chi connectivity index (χ4n) is 2.68. The van der Waals surface area contributed by atoms with Crippen molar-refractivity contribution >= 4 is 11.7 Å². The Balaban J connectivity index is 1.90. The average molecular weight is 302 g/mol. The number of carbonyl (C=O) groups is 1. The van der Waals surface area contributed by atoms with E-state index < -0.39 is 12.0 Å². The highest BCUT2D eigenvalue weighted by molar-refractivity contribution is 5.90. The van der Waals surface area contributed by atoms with Gasteiger partial charge in [0, 0.05) is 6.54 Å². The minimum atomic E-state index is -0.643. The molecule has 114 valence electrons. The first kappa shape index (κ1) is 14.4. The molecule has 1 fully saturated rings. The van der Waals surface area contributed by atoms with Crippen LogP contribution in [0.4, 0.5) is 10.2 Å². The molecule has 0 unspecified atom stereocenters. The standard InChI is InChI=1S/C15H15FN4O2/c16-10-3-1-9(2-4-10)13-7-11(21)8-20(13)14-6-5-12(15(17)22)18-19-14/h1-6,11,13,21H,7-8H2,(H2,17,22)/t11-,13+/m0/s1. The van der Waals surface area contributed by atoms with E-state index in [4.69, 9.17) is 5.73 Å². The van der Waals surface area contributed by atoms with Gasteiger partial charge in [0.15, 0.2) is 11.5 Å². The molecule has 1 aliphatic heterocycles. The molecule has 0 aliphatic carbocycles. The Morgan fingerprint density at radius 2 is 1.95 bits per heavy atom. The number of benzene rings is 1. The predicted octanol–water partition coefficient (Wildman–Crippen LogP) is 1.03. The van der Waals surface area contributed by atoms with E-state index in [2.05, 4.69) is 10.2 Å². The number of primary amides is 1. The summed E-state index contributed by atoms with van der Waals surface area (Å²) in [6.45, 7) is 0.395. The molecule has 0 bridgehead atoms. The molecule has 1 aromatic carbocycles. The summed E-state index contributed by atoms with van der Waals surface area (Å²) in [5, 5.41) is 17.7. The third kappa shape index (κ3) is 2.75. The Kier molecular flexibility index (Phi) is 3.72. The third-order valence-electron chi connectivity index (χ3n) is 3.73. The molecular weight excluding hydrogens is 287 g/mol. The van der Waals surface area contributed by atoms with Gasteiger partial charge in [0.1, 0.15) is 5.82 Å². The van der Waals surface area contributed by atoms with Gasteiger partial charge in [-0.3, -0.25) is 4.79 Å². The Morgan fingerprint density at radius 3 is 2.55 bits per heavy atom. The first-order chi connectivity index (χ1) is 10.5. The number of amides is 1. The Labute approximate surface area is 126 Å². The lowest BCUT2D eigenvalue weighted by Crippen LogP contribution is -2.26. The molecule has 0 spiro atoms. The molecule has 7 heteroatoms. The van der Waals surface area contributed by atoms with Crippen molar-refractivity contribution < 1.29 is 14.3 Å². The van der Waals surface area contributed by atoms with Crippen LogP contribution in [0.1, 0.15) is 28.5 Å². The van der Waals surface area contributed by atoms with Crippen LogP contribution < -0.4 is 10.6 Å². The van der Waals surface area contributed by atoms with E-state index in [-0.39, 0.29) is 17.6 Å². The molecule has 1 aromatic heterocycles. The van der Waals surface area contributed by atoms with Crippen molar-refractivity contribution in [1.82, 2.24) is 10.2 Å². The van der Waals surface area contributed by atoms with Gasteiger partial charge in [0.2, 0.25) is 0 Å². The molecule has 1 saturated heterocycles. The number of nitrogens with two attached hydrogens (primary N) is 1. The number of halogens is 1. The number of hydrogen-bond donors (Lipinski definition) is 2. The van der Waals surface area contributed by atoms with Gasteiger partial charge in [-0.15, -0.1) is 10.2 Å². The maximum atomic E-state index is 13.1. The number of aliphatic hydroxyl groups excluding tert-OH is 1. The zero-order chi connectivity index (χ0) is 15.7. The van der Waals surface area contributed by atoms with E-state index in [1.165, 1.54) is 18.2 Å². The van der Waals surface area contributed by atoms with Gasteiger partial charge in [0.25, 0.3) is 5.91 Å². The molecular formula is C15H15FN4O2. The van der Waals surface area contributed by atoms with E-state index in [9.17, 15) is 14.3 Å². The summed E-state index contributed by atoms with van der Waals surface area (Å²) in [5.41, 5.74) is 6.11. The Morgan fingerprint density at radius 1 is 1.23 bits per heavy atom. The van der Waals surface area contributed by atoms with Crippen molar-refractivity contribution in [3.63, 3.8) is 0 Å². The number of aromatic nitrogens is 2. The highest BCUT2D eigenvalue weighted by Gasteiger charge is 2.33. The molecule has 3 N–H and O–H groups in total. The van der Waals surface area contributed by atoms with E-state index in [1.54, 1.807) is 18.2 Å². The fourth-order valence-corrected chi connectivity index (χ4v) is 2.68. The van der Waals surface area contributed by atoms with Gasteiger partial charge < -0.3 is 15.7 Å². The van der Waals surface area contributed by atoms with Gasteiger partial charge in [-0.05, 0) is 36.2 Å². The normalized spacial score (nSPS) is 21.1. The topological polar surface area (TPSA) is 92.3 Å². The number of carbonyl (C=O) groups excluding carboxylic acids is 1. The summed E-state index contributed by atoms with van der Waals surface area (Å²) in [4.78, 5) is 12.9. The first-order valence-electron chi connectivity index (χ1n) is 6.88. The highest BCUT2D eigenvalue weighted by Crippen LogP contribution is 2.35. The van der Waals surface area contributed by atoms with Crippen LogP contribution in [0.25, 0.3) is 0 Å². The van der Waals surface area contributed by atoms with E-state index >= 15 is 0 Å². The van der Waals surface area contributed by atoms with Crippen molar-refractivity contribution in [3.05, 3.63) is 53.5 Å². The second kappa shape index (κ2) is 5.69. The third-order valence-corrected chi connectivity index (χ3v) is 3.73. The predicted molar refractivity (Wildman–Crippen MR) is 77.7 cm³/mol. The summed E-state index contributed by atoms with van der Waals surface area (Å²) in [6, 6.07) is 9.18. The molecule has 3 rings (SSSR count). The second-order valence-corrected chi connectivity index (χ2v) is 5.25. The molecule has 22 heavy (non-hydrogen) atoms. The van der Waals surface area contributed by atoms with Crippen LogP contribution in [0, 0.1) is 5.82 Å². The van der Waals surface area contributed by atoms with Gasteiger partial charge in [0.05, 0.1) is 12.1 Å². The van der Waals surface area contributed by atoms with E-state index in [1.807, 2.05) is 4.90 Å². The largest absolute Gasteiger partial charge is 0.391 e. The van der Waals surface area contributed by atoms with Crippen molar-refractivity contribution in [2.24, 2.45) is 5.73 Å². The summed E-state index contributed by atoms with van der Waals surface area (Å²) in [5.74, 6) is -0.411. The molecule has 0 saturated carbocycles. The van der Waals surface area contributed by atoms with Crippen LogP contribution in [0.3, 0.4) is 0 Å². The van der Waals surface area contributed by atoms with Crippen molar-refractivity contribution in [2.75, 3.05) is 11.4 Å². The minimum absolute atomic E-state index is 0.0850. The summed E-state index contributed by atoms with van der Waals surface area (Å²) in [7, 11) is 0. The van der Waals surface area contributed by atoms with Crippen LogP contribution in [-0.2, 0) is 0 Å². The van der Waals surface area contributed by atoms with E-state index in [0.717, 1.165) is 5.56 Å². The second-order valence-electron chi connectivity index (χ2n) is 5.25. The Hall–Kier alpha value is -2.54. The molecule has 1 aliphatic rings. The number of β-amino-alcohol motifs (C(OH)–C–C–N with tert-alkyl or cyclic N) is 1. The van der Waals surface area contributed by atoms with Crippen LogP contribution >= 0.6 is 0 Å². The monoisotopic (exact) mass is 302 g/mol. The summed E-state index contributed by atoms with van der Waals surface area (Å²) >= 11 is 0. The first-order valence-corrected chi connectivity index (χ1v) is 6.88. The van der Waals surface area contributed by atoms with Crippen LogP contribution in [0.2, 0.25) is 0 Å². The lowest BCUT2D eigenvalue weighted by Gasteiger charge is -2.25. The number of anilines is 1. The van der Waals surface area contributed by atoms with Gasteiger partial charge in [-0.25, -0.2) is 4.39 Å². The molecule has 0 radical (unpaired) electrons. The maximum Gasteiger partial charge on any atom is 0.269 e. The zero-order valence-corrected chi connectivity index (χ0v) is 11.7. The average Bonchev–Trinajstić information content (AvgIpc) is 2.90. The minimum Gasteiger partial charge on any atom is -0.391 e. The fraction of sp³-hybridized carbons (Fsp3) is 0.267. The van der Waals surface area contributed by atoms with Gasteiger partial charge in [-0.2, -0.15) is 0 Å². The Bertz CT molecular complexity index is 675. The summed E-state index contributed by atoms with van der Waals surface area (Å²) < 4.78 is 13.1. The lowest BCUT2D eigenvalue weighted by atomic mass is 10.0. The molecule has 1 amide bonds. The van der Waals surface area contributed by atoms with Crippen molar-refractivity contribution in [3.8, 4) is 0 Å². The number of hydrogen-bond acceptors (Lipinski definition) is 5. The maximum absolute atomic E-state index is 13.1. The molecule has 2 atom stereocenters. The lowest BCUT2D eigenvalue weighted by molar-refractivity contribution is 0.0994. The van der Waals surface area contributed by atoms with Gasteiger partial charge in [-0.1, -0.05) is 12.1 Å². The van der Waals surface area contributed by atoms with Crippen LogP contribution in [0.5, 0.6) is 0 Å². The number of nitrogens with zero attached hydrogens (tertiary/aromatic N) is 3. The molecule has 2 heterocycles. The highest BCUT2D eigenvalue weighted by atomic mass is 19.1. The van der Waals surface area contributed by atoms with Crippen LogP contribution in [-0.4, -0.2) is 33.9 Å². The molecule has 6 nitrogen and oxygen atoms in total. The number of aliphatic hydroxyl groups is 1. The zero-order valence-electron chi connectivity index (χ0n) is 11.7. The molecule has 2 aromatic rings. The quantitative estimate of drug-likeness (QED) is 0.883. The summed E-state index contributed by atoms with van der Waals surface area (Å²) in [6.07, 6.45) is 0.0119. The van der Waals surface area contributed by atoms with E-state index in [0.29, 0.717) is 18.8 Å².